The highest BCUT2D eigenvalue weighted by atomic mass is 16.5. The molecular weight excluding hydrogens is 252 g/mol. The Labute approximate surface area is 121 Å². The van der Waals surface area contributed by atoms with Gasteiger partial charge in [0.15, 0.2) is 0 Å². The van der Waals surface area contributed by atoms with Gasteiger partial charge in [0.1, 0.15) is 0 Å². The molecular formula is C17H26O3. The van der Waals surface area contributed by atoms with Gasteiger partial charge in [0.2, 0.25) is 0 Å². The van der Waals surface area contributed by atoms with E-state index in [9.17, 15) is 9.90 Å². The van der Waals surface area contributed by atoms with Crippen LogP contribution in [0.1, 0.15) is 46.0 Å². The van der Waals surface area contributed by atoms with Crippen LogP contribution in [0.25, 0.3) is 0 Å². The van der Waals surface area contributed by atoms with Crippen LogP contribution in [0.15, 0.2) is 12.2 Å². The number of aliphatic hydroxyl groups excluding tert-OH is 1. The second-order valence-electron chi connectivity index (χ2n) is 7.57. The minimum Gasteiger partial charge on any atom is -0.465 e. The summed E-state index contributed by atoms with van der Waals surface area (Å²) in [5.74, 6) is 0.572. The first-order valence-electron chi connectivity index (χ1n) is 7.94. The highest BCUT2D eigenvalue weighted by molar-refractivity contribution is 5.74. The third kappa shape index (κ3) is 1.93. The number of ether oxygens (including phenoxy) is 1. The number of aliphatic hydroxyl groups is 1. The number of hydrogen-bond donors (Lipinski definition) is 1. The third-order valence-electron chi connectivity index (χ3n) is 6.24. The Morgan fingerprint density at radius 1 is 1.30 bits per heavy atom. The molecule has 1 saturated heterocycles. The van der Waals surface area contributed by atoms with Crippen molar-refractivity contribution in [1.82, 2.24) is 0 Å². The summed E-state index contributed by atoms with van der Waals surface area (Å²) in [4.78, 5) is 12.1. The third-order valence-corrected chi connectivity index (χ3v) is 6.24. The van der Waals surface area contributed by atoms with Crippen LogP contribution in [-0.2, 0) is 9.53 Å². The van der Waals surface area contributed by atoms with E-state index in [2.05, 4.69) is 26.0 Å². The number of esters is 1. The van der Waals surface area contributed by atoms with Gasteiger partial charge in [-0.05, 0) is 42.9 Å². The number of carbonyl (C=O) groups is 1. The lowest BCUT2D eigenvalue weighted by Crippen LogP contribution is -2.58. The van der Waals surface area contributed by atoms with Crippen LogP contribution in [0.2, 0.25) is 0 Å². The smallest absolute Gasteiger partial charge is 0.309 e. The van der Waals surface area contributed by atoms with Gasteiger partial charge in [-0.2, -0.15) is 0 Å². The van der Waals surface area contributed by atoms with Gasteiger partial charge < -0.3 is 9.84 Å². The molecule has 1 spiro atoms. The zero-order valence-corrected chi connectivity index (χ0v) is 12.6. The molecule has 1 heterocycles. The summed E-state index contributed by atoms with van der Waals surface area (Å²) in [6.07, 6.45) is 9.52. The molecule has 0 aromatic rings. The summed E-state index contributed by atoms with van der Waals surface area (Å²) in [6, 6.07) is 0. The maximum Gasteiger partial charge on any atom is 0.309 e. The van der Waals surface area contributed by atoms with Gasteiger partial charge in [-0.1, -0.05) is 32.4 Å². The summed E-state index contributed by atoms with van der Waals surface area (Å²) < 4.78 is 5.58. The quantitative estimate of drug-likeness (QED) is 0.592. The topological polar surface area (TPSA) is 46.5 Å². The first kappa shape index (κ1) is 14.1. The highest BCUT2D eigenvalue weighted by Gasteiger charge is 2.58. The summed E-state index contributed by atoms with van der Waals surface area (Å²) in [6.45, 7) is 5.24. The second kappa shape index (κ2) is 4.87. The van der Waals surface area contributed by atoms with Crippen LogP contribution in [0, 0.1) is 28.6 Å². The van der Waals surface area contributed by atoms with E-state index in [4.69, 9.17) is 4.74 Å². The predicted octanol–water partition coefficient (Wildman–Crippen LogP) is 2.93. The monoisotopic (exact) mass is 278 g/mol. The maximum absolute atomic E-state index is 12.1. The molecule has 0 aromatic heterocycles. The SMILES string of the molecule is CC1(C)CCC[C@]2(COC(=O)[C@H]3CC=CC[C@H]32)[C@@H]1CO. The molecule has 20 heavy (non-hydrogen) atoms. The molecule has 0 unspecified atom stereocenters. The normalized spacial score (nSPS) is 43.1. The molecule has 0 radical (unpaired) electrons. The van der Waals surface area contributed by atoms with Crippen molar-refractivity contribution < 1.29 is 14.6 Å². The van der Waals surface area contributed by atoms with Crippen molar-refractivity contribution in [3.63, 3.8) is 0 Å². The van der Waals surface area contributed by atoms with E-state index in [1.807, 2.05) is 0 Å². The zero-order chi connectivity index (χ0) is 14.4. The van der Waals surface area contributed by atoms with E-state index >= 15 is 0 Å². The summed E-state index contributed by atoms with van der Waals surface area (Å²) in [5.41, 5.74) is 0.113. The molecule has 0 bridgehead atoms. The van der Waals surface area contributed by atoms with E-state index in [1.165, 1.54) is 6.42 Å². The number of cyclic esters (lactones) is 1. The standard InChI is InChI=1S/C17H26O3/c1-16(2)8-5-9-17(14(16)10-18)11-20-15(19)12-6-3-4-7-13(12)17/h3-4,12-14,18H,5-11H2,1-2H3/t12-,13+,14+,17+/m0/s1. The zero-order valence-electron chi connectivity index (χ0n) is 12.6. The molecule has 3 heteroatoms. The van der Waals surface area contributed by atoms with Crippen molar-refractivity contribution in [2.75, 3.05) is 13.2 Å². The Morgan fingerprint density at radius 3 is 2.80 bits per heavy atom. The Kier molecular flexibility index (Phi) is 3.44. The maximum atomic E-state index is 12.1. The predicted molar refractivity (Wildman–Crippen MR) is 77.0 cm³/mol. The Morgan fingerprint density at radius 2 is 2.05 bits per heavy atom. The van der Waals surface area contributed by atoms with E-state index in [0.29, 0.717) is 12.5 Å². The second-order valence-corrected chi connectivity index (χ2v) is 7.57. The molecule has 3 aliphatic rings. The van der Waals surface area contributed by atoms with Crippen molar-refractivity contribution in [2.45, 2.75) is 46.0 Å². The highest BCUT2D eigenvalue weighted by Crippen LogP contribution is 2.59. The Balaban J connectivity index is 2.00. The lowest BCUT2D eigenvalue weighted by Gasteiger charge is -2.58. The fourth-order valence-corrected chi connectivity index (χ4v) is 5.17. The van der Waals surface area contributed by atoms with Gasteiger partial charge in [-0.25, -0.2) is 0 Å². The molecule has 1 N–H and O–H groups in total. The van der Waals surface area contributed by atoms with Crippen molar-refractivity contribution >= 4 is 5.97 Å². The molecule has 1 saturated carbocycles. The van der Waals surface area contributed by atoms with E-state index < -0.39 is 0 Å². The molecule has 3 nitrogen and oxygen atoms in total. The average Bonchev–Trinajstić information content (AvgIpc) is 2.43. The summed E-state index contributed by atoms with van der Waals surface area (Å²) in [7, 11) is 0. The fourth-order valence-electron chi connectivity index (χ4n) is 5.17. The molecule has 1 aliphatic heterocycles. The van der Waals surface area contributed by atoms with Gasteiger partial charge in [0, 0.05) is 12.0 Å². The number of rotatable bonds is 1. The Bertz CT molecular complexity index is 426. The van der Waals surface area contributed by atoms with Crippen LogP contribution in [0.3, 0.4) is 0 Å². The van der Waals surface area contributed by atoms with E-state index in [0.717, 1.165) is 25.7 Å². The lowest BCUT2D eigenvalue weighted by molar-refractivity contribution is -0.194. The minimum absolute atomic E-state index is 0.0108. The number of fused-ring (bicyclic) bond motifs is 2. The molecule has 112 valence electrons. The van der Waals surface area contributed by atoms with Gasteiger partial charge >= 0.3 is 5.97 Å². The average molecular weight is 278 g/mol. The first-order chi connectivity index (χ1) is 9.51. The van der Waals surface area contributed by atoms with E-state index in [1.54, 1.807) is 0 Å². The van der Waals surface area contributed by atoms with Gasteiger partial charge in [0.25, 0.3) is 0 Å². The number of carbonyl (C=O) groups excluding carboxylic acids is 1. The molecule has 4 atom stereocenters. The van der Waals surface area contributed by atoms with E-state index in [-0.39, 0.29) is 35.2 Å². The lowest BCUT2D eigenvalue weighted by atomic mass is 9.48. The van der Waals surface area contributed by atoms with Crippen molar-refractivity contribution in [2.24, 2.45) is 28.6 Å². The van der Waals surface area contributed by atoms with Crippen molar-refractivity contribution in [3.05, 3.63) is 12.2 Å². The van der Waals surface area contributed by atoms with Crippen LogP contribution in [-0.4, -0.2) is 24.3 Å². The Hall–Kier alpha value is -0.830. The van der Waals surface area contributed by atoms with Gasteiger partial charge in [0.05, 0.1) is 12.5 Å². The van der Waals surface area contributed by atoms with Crippen LogP contribution < -0.4 is 0 Å². The summed E-state index contributed by atoms with van der Waals surface area (Å²) in [5, 5.41) is 10.0. The number of allylic oxidation sites excluding steroid dienone is 2. The summed E-state index contributed by atoms with van der Waals surface area (Å²) >= 11 is 0. The molecule has 3 rings (SSSR count). The molecule has 2 fully saturated rings. The number of hydrogen-bond acceptors (Lipinski definition) is 3. The largest absolute Gasteiger partial charge is 0.465 e. The molecule has 2 aliphatic carbocycles. The molecule has 0 aromatic carbocycles. The molecule has 0 amide bonds. The fraction of sp³-hybridized carbons (Fsp3) is 0.824. The van der Waals surface area contributed by atoms with Crippen LogP contribution in [0.4, 0.5) is 0 Å². The van der Waals surface area contributed by atoms with Crippen molar-refractivity contribution in [1.29, 1.82) is 0 Å². The van der Waals surface area contributed by atoms with Crippen LogP contribution >= 0.6 is 0 Å². The minimum atomic E-state index is -0.0231. The van der Waals surface area contributed by atoms with Crippen LogP contribution in [0.5, 0.6) is 0 Å². The van der Waals surface area contributed by atoms with Crippen molar-refractivity contribution in [3.8, 4) is 0 Å². The van der Waals surface area contributed by atoms with Gasteiger partial charge in [-0.15, -0.1) is 0 Å². The van der Waals surface area contributed by atoms with Gasteiger partial charge in [-0.3, -0.25) is 4.79 Å². The first-order valence-corrected chi connectivity index (χ1v) is 7.94.